The zero-order valence-electron chi connectivity index (χ0n) is 15.5. The lowest BCUT2D eigenvalue weighted by Gasteiger charge is -2.32. The predicted molar refractivity (Wildman–Crippen MR) is 101 cm³/mol. The molecule has 0 aliphatic carbocycles. The number of carbonyl (C=O) groups is 2. The smallest absolute Gasteiger partial charge is 0.307 e. The van der Waals surface area contributed by atoms with Crippen LogP contribution in [0.1, 0.15) is 25.8 Å². The first-order valence-corrected chi connectivity index (χ1v) is 9.03. The van der Waals surface area contributed by atoms with Crippen LogP contribution in [0.15, 0.2) is 48.5 Å². The molecule has 27 heavy (non-hydrogen) atoms. The predicted octanol–water partition coefficient (Wildman–Crippen LogP) is 3.33. The second kappa shape index (κ2) is 8.58. The standard InChI is InChI=1S/C21H23NO5/c1-3-25-18-10-6-4-8-16(18)14-26-20(23)12-13-22-17-9-5-7-11-19(17)27-15(2)21(22)24/h4-11,15H,3,12-14H2,1-2H3. The number of benzene rings is 2. The lowest BCUT2D eigenvalue weighted by Crippen LogP contribution is -2.45. The van der Waals surface area contributed by atoms with Gasteiger partial charge >= 0.3 is 5.97 Å². The molecule has 1 unspecified atom stereocenters. The fourth-order valence-electron chi connectivity index (χ4n) is 2.94. The summed E-state index contributed by atoms with van der Waals surface area (Å²) < 4.78 is 16.5. The van der Waals surface area contributed by atoms with Gasteiger partial charge in [0.2, 0.25) is 0 Å². The molecular weight excluding hydrogens is 346 g/mol. The van der Waals surface area contributed by atoms with Crippen molar-refractivity contribution in [1.82, 2.24) is 0 Å². The molecule has 142 valence electrons. The molecule has 1 atom stereocenters. The van der Waals surface area contributed by atoms with Crippen LogP contribution in [0.3, 0.4) is 0 Å². The molecule has 2 aromatic rings. The average Bonchev–Trinajstić information content (AvgIpc) is 2.68. The number of esters is 1. The summed E-state index contributed by atoms with van der Waals surface area (Å²) in [4.78, 5) is 26.2. The number of amides is 1. The quantitative estimate of drug-likeness (QED) is 0.701. The molecular formula is C21H23NO5. The molecule has 0 spiro atoms. The molecule has 2 aromatic carbocycles. The maximum Gasteiger partial charge on any atom is 0.307 e. The molecule has 1 heterocycles. The van der Waals surface area contributed by atoms with Gasteiger partial charge in [-0.05, 0) is 32.0 Å². The van der Waals surface area contributed by atoms with E-state index in [0.29, 0.717) is 23.8 Å². The van der Waals surface area contributed by atoms with Crippen LogP contribution in [0.5, 0.6) is 11.5 Å². The maximum absolute atomic E-state index is 12.4. The summed E-state index contributed by atoms with van der Waals surface area (Å²) in [5.41, 5.74) is 1.49. The van der Waals surface area contributed by atoms with Crippen molar-refractivity contribution in [2.24, 2.45) is 0 Å². The van der Waals surface area contributed by atoms with Crippen LogP contribution in [0.4, 0.5) is 5.69 Å². The van der Waals surface area contributed by atoms with Crippen LogP contribution in [-0.4, -0.2) is 31.1 Å². The van der Waals surface area contributed by atoms with Crippen LogP contribution in [-0.2, 0) is 20.9 Å². The number of nitrogens with zero attached hydrogens (tertiary/aromatic N) is 1. The molecule has 0 aromatic heterocycles. The SMILES string of the molecule is CCOc1ccccc1COC(=O)CCN1C(=O)C(C)Oc2ccccc21. The molecule has 1 aliphatic rings. The van der Waals surface area contributed by atoms with E-state index in [9.17, 15) is 9.59 Å². The van der Waals surface area contributed by atoms with E-state index in [4.69, 9.17) is 14.2 Å². The van der Waals surface area contributed by atoms with Crippen molar-refractivity contribution in [3.05, 3.63) is 54.1 Å². The van der Waals surface area contributed by atoms with Crippen molar-refractivity contribution in [2.45, 2.75) is 33.0 Å². The zero-order chi connectivity index (χ0) is 19.2. The van der Waals surface area contributed by atoms with Gasteiger partial charge in [-0.2, -0.15) is 0 Å². The number of anilines is 1. The highest BCUT2D eigenvalue weighted by Crippen LogP contribution is 2.33. The van der Waals surface area contributed by atoms with Crippen LogP contribution >= 0.6 is 0 Å². The summed E-state index contributed by atoms with van der Waals surface area (Å²) in [6.45, 7) is 4.53. The third kappa shape index (κ3) is 4.39. The zero-order valence-corrected chi connectivity index (χ0v) is 15.5. The highest BCUT2D eigenvalue weighted by molar-refractivity contribution is 6.00. The fourth-order valence-corrected chi connectivity index (χ4v) is 2.94. The van der Waals surface area contributed by atoms with Gasteiger partial charge in [-0.15, -0.1) is 0 Å². The molecule has 0 saturated heterocycles. The van der Waals surface area contributed by atoms with Crippen molar-refractivity contribution in [1.29, 1.82) is 0 Å². The Kier molecular flexibility index (Phi) is 5.96. The van der Waals surface area contributed by atoms with E-state index in [-0.39, 0.29) is 31.4 Å². The van der Waals surface area contributed by atoms with Gasteiger partial charge in [0, 0.05) is 12.1 Å². The lowest BCUT2D eigenvalue weighted by molar-refractivity contribution is -0.144. The molecule has 0 fully saturated rings. The number of carbonyl (C=O) groups excluding carboxylic acids is 2. The minimum absolute atomic E-state index is 0.101. The summed E-state index contributed by atoms with van der Waals surface area (Å²) in [6, 6.07) is 14.8. The summed E-state index contributed by atoms with van der Waals surface area (Å²) >= 11 is 0. The van der Waals surface area contributed by atoms with Gasteiger partial charge in [-0.3, -0.25) is 9.59 Å². The summed E-state index contributed by atoms with van der Waals surface area (Å²) in [5, 5.41) is 0. The average molecular weight is 369 g/mol. The Labute approximate surface area is 158 Å². The second-order valence-electron chi connectivity index (χ2n) is 6.17. The largest absolute Gasteiger partial charge is 0.493 e. The normalized spacial score (nSPS) is 15.7. The fraction of sp³-hybridized carbons (Fsp3) is 0.333. The van der Waals surface area contributed by atoms with E-state index >= 15 is 0 Å². The van der Waals surface area contributed by atoms with Crippen LogP contribution in [0.2, 0.25) is 0 Å². The Morgan fingerprint density at radius 3 is 2.70 bits per heavy atom. The van der Waals surface area contributed by atoms with Crippen molar-refractivity contribution in [3.8, 4) is 11.5 Å². The summed E-state index contributed by atoms with van der Waals surface area (Å²) in [5.74, 6) is 0.816. The molecule has 1 amide bonds. The van der Waals surface area contributed by atoms with Crippen LogP contribution < -0.4 is 14.4 Å². The van der Waals surface area contributed by atoms with Gasteiger partial charge in [0.05, 0.1) is 18.7 Å². The number of rotatable bonds is 7. The molecule has 6 heteroatoms. The van der Waals surface area contributed by atoms with E-state index in [0.717, 1.165) is 5.56 Å². The molecule has 0 saturated carbocycles. The first-order chi connectivity index (χ1) is 13.1. The highest BCUT2D eigenvalue weighted by atomic mass is 16.5. The van der Waals surface area contributed by atoms with Crippen molar-refractivity contribution in [2.75, 3.05) is 18.1 Å². The minimum atomic E-state index is -0.575. The van der Waals surface area contributed by atoms with Gasteiger partial charge in [-0.25, -0.2) is 0 Å². The number of para-hydroxylation sites is 3. The number of hydrogen-bond acceptors (Lipinski definition) is 5. The Morgan fingerprint density at radius 1 is 1.15 bits per heavy atom. The Morgan fingerprint density at radius 2 is 1.89 bits per heavy atom. The first-order valence-electron chi connectivity index (χ1n) is 9.03. The van der Waals surface area contributed by atoms with Crippen molar-refractivity contribution >= 4 is 17.6 Å². The van der Waals surface area contributed by atoms with Crippen molar-refractivity contribution in [3.63, 3.8) is 0 Å². The number of fused-ring (bicyclic) bond motifs is 1. The lowest BCUT2D eigenvalue weighted by atomic mass is 10.2. The van der Waals surface area contributed by atoms with Crippen LogP contribution in [0.25, 0.3) is 0 Å². The topological polar surface area (TPSA) is 65.1 Å². The number of ether oxygens (including phenoxy) is 3. The van der Waals surface area contributed by atoms with E-state index in [1.165, 1.54) is 0 Å². The molecule has 0 radical (unpaired) electrons. The molecule has 3 rings (SSSR count). The Hall–Kier alpha value is -3.02. The van der Waals surface area contributed by atoms with E-state index in [2.05, 4.69) is 0 Å². The first kappa shape index (κ1) is 18.8. The van der Waals surface area contributed by atoms with Crippen molar-refractivity contribution < 1.29 is 23.8 Å². The maximum atomic E-state index is 12.4. The Balaban J connectivity index is 1.59. The third-order valence-corrected chi connectivity index (χ3v) is 4.27. The van der Waals surface area contributed by atoms with Gasteiger partial charge in [0.1, 0.15) is 18.1 Å². The van der Waals surface area contributed by atoms with E-state index < -0.39 is 6.10 Å². The van der Waals surface area contributed by atoms with Gasteiger partial charge in [0.25, 0.3) is 5.91 Å². The van der Waals surface area contributed by atoms with Crippen LogP contribution in [0, 0.1) is 0 Å². The van der Waals surface area contributed by atoms with E-state index in [1.807, 2.05) is 55.5 Å². The third-order valence-electron chi connectivity index (χ3n) is 4.27. The monoisotopic (exact) mass is 369 g/mol. The summed E-state index contributed by atoms with van der Waals surface area (Å²) in [7, 11) is 0. The Bertz CT molecular complexity index is 820. The van der Waals surface area contributed by atoms with Gasteiger partial charge in [-0.1, -0.05) is 30.3 Å². The summed E-state index contributed by atoms with van der Waals surface area (Å²) in [6.07, 6.45) is -0.474. The molecule has 6 nitrogen and oxygen atoms in total. The molecule has 0 N–H and O–H groups in total. The van der Waals surface area contributed by atoms with E-state index in [1.54, 1.807) is 11.8 Å². The minimum Gasteiger partial charge on any atom is -0.493 e. The van der Waals surface area contributed by atoms with Gasteiger partial charge < -0.3 is 19.1 Å². The highest BCUT2D eigenvalue weighted by Gasteiger charge is 2.31. The molecule has 1 aliphatic heterocycles. The second-order valence-corrected chi connectivity index (χ2v) is 6.17. The number of hydrogen-bond donors (Lipinski definition) is 0. The van der Waals surface area contributed by atoms with Gasteiger partial charge in [0.15, 0.2) is 6.10 Å². The molecule has 0 bridgehead atoms.